The number of fused-ring (bicyclic) bond motifs is 10. The molecule has 0 bridgehead atoms. The standard InChI is InChI=1S/C26H29FN4O3.C19H14F2N2O3.C7H16N2/c1-5-34-26(33)23-24(32)17-14-18(27)22(30-12-10-29(11-13-30)16(2)3)15-21(17)31-20-9-7-6-8-19(20)28(4)25(23)31;1-3-26-19(25)16-17(24)10-8-11(20)12(21)9-15(10)23-14-7-5-4-6-13(14)22(2)18(16)23;1-7(2)9-5-3-8-4-6-9/h6-9,14-16H,5,10-13H2,1-4H3;4-9H,3H2,1-2H3;7-8H,3-6H2,1-2H3. The first-order valence-corrected chi connectivity index (χ1v) is 23.5. The number of para-hydroxylation sites is 4. The average molecular weight is 949 g/mol. The minimum absolute atomic E-state index is 0.0780. The first kappa shape index (κ1) is 48.8. The molecule has 4 aromatic carbocycles. The van der Waals surface area contributed by atoms with E-state index in [1.807, 2.05) is 57.3 Å². The molecule has 364 valence electrons. The van der Waals surface area contributed by atoms with E-state index in [0.29, 0.717) is 41.5 Å². The van der Waals surface area contributed by atoms with E-state index in [2.05, 4.69) is 42.8 Å². The molecule has 0 aliphatic carbocycles. The van der Waals surface area contributed by atoms with Crippen LogP contribution in [-0.2, 0) is 23.6 Å². The highest BCUT2D eigenvalue weighted by Crippen LogP contribution is 2.32. The third-order valence-corrected chi connectivity index (χ3v) is 13.2. The van der Waals surface area contributed by atoms with Crippen LogP contribution in [0.1, 0.15) is 62.3 Å². The Morgan fingerprint density at radius 1 is 0.565 bits per heavy atom. The van der Waals surface area contributed by atoms with Crippen molar-refractivity contribution in [3.05, 3.63) is 122 Å². The maximum absolute atomic E-state index is 15.4. The molecule has 69 heavy (non-hydrogen) atoms. The first-order chi connectivity index (χ1) is 33.1. The molecule has 0 spiro atoms. The summed E-state index contributed by atoms with van der Waals surface area (Å²) in [6, 6.07) is 20.9. The summed E-state index contributed by atoms with van der Waals surface area (Å²) >= 11 is 0. The highest BCUT2D eigenvalue weighted by atomic mass is 19.2. The number of carbonyl (C=O) groups excluding carboxylic acids is 2. The molecule has 0 saturated carbocycles. The van der Waals surface area contributed by atoms with Crippen molar-refractivity contribution in [3.63, 3.8) is 0 Å². The average Bonchev–Trinajstić information content (AvgIpc) is 3.80. The number of anilines is 1. The highest BCUT2D eigenvalue weighted by molar-refractivity contribution is 6.05. The Bertz CT molecular complexity index is 3380. The number of piperazine rings is 2. The number of rotatable bonds is 7. The first-order valence-electron chi connectivity index (χ1n) is 23.5. The third kappa shape index (κ3) is 8.94. The van der Waals surface area contributed by atoms with E-state index in [-0.39, 0.29) is 46.3 Å². The summed E-state index contributed by atoms with van der Waals surface area (Å²) in [6.07, 6.45) is 0. The van der Waals surface area contributed by atoms with Crippen LogP contribution in [0.3, 0.4) is 0 Å². The van der Waals surface area contributed by atoms with Crippen LogP contribution < -0.4 is 21.1 Å². The molecule has 0 radical (unpaired) electrons. The van der Waals surface area contributed by atoms with E-state index in [4.69, 9.17) is 9.47 Å². The number of esters is 2. The van der Waals surface area contributed by atoms with Gasteiger partial charge >= 0.3 is 11.9 Å². The second-order valence-corrected chi connectivity index (χ2v) is 17.9. The fraction of sp³-hybridized carbons (Fsp3) is 0.385. The van der Waals surface area contributed by atoms with E-state index in [1.54, 1.807) is 48.1 Å². The molecule has 17 heteroatoms. The van der Waals surface area contributed by atoms with Crippen molar-refractivity contribution in [3.8, 4) is 0 Å². The van der Waals surface area contributed by atoms with Crippen molar-refractivity contribution in [2.24, 2.45) is 14.1 Å². The van der Waals surface area contributed by atoms with E-state index in [9.17, 15) is 28.0 Å². The summed E-state index contributed by atoms with van der Waals surface area (Å²) in [5.41, 5.74) is 3.54. The Morgan fingerprint density at radius 2 is 0.971 bits per heavy atom. The largest absolute Gasteiger partial charge is 0.462 e. The van der Waals surface area contributed by atoms with Crippen LogP contribution in [0.25, 0.3) is 55.2 Å². The van der Waals surface area contributed by atoms with Crippen molar-refractivity contribution >= 4 is 72.8 Å². The molecule has 0 unspecified atom stereocenters. The van der Waals surface area contributed by atoms with Crippen molar-refractivity contribution in [2.75, 3.05) is 70.5 Å². The lowest BCUT2D eigenvalue weighted by Gasteiger charge is -2.38. The number of carbonyl (C=O) groups is 2. The summed E-state index contributed by atoms with van der Waals surface area (Å²) in [6.45, 7) is 20.3. The fourth-order valence-electron chi connectivity index (χ4n) is 9.66. The predicted octanol–water partition coefficient (Wildman–Crippen LogP) is 7.49. The van der Waals surface area contributed by atoms with Crippen LogP contribution >= 0.6 is 0 Å². The van der Waals surface area contributed by atoms with Crippen molar-refractivity contribution in [2.45, 2.75) is 53.6 Å². The van der Waals surface area contributed by atoms with Gasteiger partial charge in [0.1, 0.15) is 28.2 Å². The lowest BCUT2D eigenvalue weighted by atomic mass is 10.1. The summed E-state index contributed by atoms with van der Waals surface area (Å²) < 4.78 is 60.3. The molecular formula is C52H59F3N8O6. The molecule has 2 aliphatic heterocycles. The number of nitrogens with one attached hydrogen (secondary N) is 1. The van der Waals surface area contributed by atoms with Gasteiger partial charge in [-0.2, -0.15) is 0 Å². The molecule has 2 aliphatic rings. The summed E-state index contributed by atoms with van der Waals surface area (Å²) in [7, 11) is 3.52. The second kappa shape index (κ2) is 20.1. The number of pyridine rings is 2. The molecule has 4 aromatic heterocycles. The molecule has 2 saturated heterocycles. The van der Waals surface area contributed by atoms with E-state index in [1.165, 1.54) is 19.2 Å². The van der Waals surface area contributed by atoms with Gasteiger partial charge < -0.3 is 28.8 Å². The molecule has 0 atom stereocenters. The number of aryl methyl sites for hydroxylation is 2. The maximum Gasteiger partial charge on any atom is 0.345 e. The molecule has 14 nitrogen and oxygen atoms in total. The molecule has 10 rings (SSSR count). The van der Waals surface area contributed by atoms with Crippen LogP contribution in [-0.4, -0.2) is 117 Å². The Morgan fingerprint density at radius 3 is 1.41 bits per heavy atom. The SMILES string of the molecule is CC(C)N1CCNCC1.CCOC(=O)c1c(=O)c2cc(F)c(F)cc2n2c3ccccc3n(C)c12.CCOC(=O)c1c(=O)c2cc(F)c(N3CCN(C(C)C)CC3)cc2n2c3ccccc3n(C)c12. The fourth-order valence-corrected chi connectivity index (χ4v) is 9.66. The van der Waals surface area contributed by atoms with Crippen LogP contribution in [0.15, 0.2) is 82.4 Å². The number of ether oxygens (including phenoxy) is 2. The predicted molar refractivity (Wildman–Crippen MR) is 266 cm³/mol. The van der Waals surface area contributed by atoms with Crippen molar-refractivity contribution in [1.82, 2.24) is 33.1 Å². The number of benzene rings is 4. The quantitative estimate of drug-likeness (QED) is 0.161. The molecule has 6 heterocycles. The van der Waals surface area contributed by atoms with Gasteiger partial charge in [-0.25, -0.2) is 22.8 Å². The van der Waals surface area contributed by atoms with Gasteiger partial charge in [-0.1, -0.05) is 24.3 Å². The number of aromatic nitrogens is 4. The van der Waals surface area contributed by atoms with Gasteiger partial charge in [0, 0.05) is 84.6 Å². The Balaban J connectivity index is 0.000000161. The van der Waals surface area contributed by atoms with Gasteiger partial charge in [0.25, 0.3) is 0 Å². The zero-order chi connectivity index (χ0) is 49.4. The van der Waals surface area contributed by atoms with Crippen molar-refractivity contribution < 1.29 is 32.2 Å². The summed E-state index contributed by atoms with van der Waals surface area (Å²) in [4.78, 5) is 58.7. The second-order valence-electron chi connectivity index (χ2n) is 17.9. The molecule has 1 N–H and O–H groups in total. The number of hydrogen-bond acceptors (Lipinski definition) is 10. The van der Waals surface area contributed by atoms with Gasteiger partial charge in [-0.05, 0) is 84.0 Å². The Labute approximate surface area is 397 Å². The number of nitrogens with zero attached hydrogens (tertiary/aromatic N) is 7. The molecule has 8 aromatic rings. The van der Waals surface area contributed by atoms with Gasteiger partial charge in [-0.3, -0.25) is 28.2 Å². The summed E-state index contributed by atoms with van der Waals surface area (Å²) in [5.74, 6) is -4.18. The van der Waals surface area contributed by atoms with Gasteiger partial charge in [-0.15, -0.1) is 0 Å². The number of imidazole rings is 2. The number of halogens is 3. The van der Waals surface area contributed by atoms with Gasteiger partial charge in [0.15, 0.2) is 11.6 Å². The highest BCUT2D eigenvalue weighted by Gasteiger charge is 2.29. The Hall–Kier alpha value is -6.69. The molecule has 0 amide bonds. The minimum Gasteiger partial charge on any atom is -0.462 e. The van der Waals surface area contributed by atoms with E-state index >= 15 is 4.39 Å². The van der Waals surface area contributed by atoms with Gasteiger partial charge in [0.05, 0.1) is 62.8 Å². The van der Waals surface area contributed by atoms with Crippen LogP contribution in [0.5, 0.6) is 0 Å². The zero-order valence-electron chi connectivity index (χ0n) is 40.4. The molecular weight excluding hydrogens is 890 g/mol. The van der Waals surface area contributed by atoms with E-state index in [0.717, 1.165) is 60.9 Å². The smallest absolute Gasteiger partial charge is 0.345 e. The lowest BCUT2D eigenvalue weighted by Crippen LogP contribution is -2.49. The minimum atomic E-state index is -1.15. The normalized spacial score (nSPS) is 14.8. The van der Waals surface area contributed by atoms with E-state index < -0.39 is 40.2 Å². The Kier molecular flexibility index (Phi) is 14.2. The van der Waals surface area contributed by atoms with Crippen molar-refractivity contribution in [1.29, 1.82) is 0 Å². The topological polar surface area (TPSA) is 127 Å². The monoisotopic (exact) mass is 948 g/mol. The van der Waals surface area contributed by atoms with Crippen LogP contribution in [0.4, 0.5) is 18.9 Å². The zero-order valence-corrected chi connectivity index (χ0v) is 40.4. The lowest BCUT2D eigenvalue weighted by molar-refractivity contribution is 0.0517. The maximum atomic E-state index is 15.4. The summed E-state index contributed by atoms with van der Waals surface area (Å²) in [5, 5.41) is 3.41. The number of hydrogen-bond donors (Lipinski definition) is 1. The van der Waals surface area contributed by atoms with Crippen LogP contribution in [0.2, 0.25) is 0 Å². The van der Waals surface area contributed by atoms with Crippen LogP contribution in [0, 0.1) is 17.5 Å². The van der Waals surface area contributed by atoms with Gasteiger partial charge in [0.2, 0.25) is 10.9 Å². The third-order valence-electron chi connectivity index (χ3n) is 13.2. The molecule has 2 fully saturated rings.